The van der Waals surface area contributed by atoms with Crippen LogP contribution in [-0.2, 0) is 4.79 Å². The lowest BCUT2D eigenvalue weighted by Crippen LogP contribution is -2.21. The molecular formula is C19H22N2O. The average Bonchev–Trinajstić information content (AvgIpc) is 3.11. The van der Waals surface area contributed by atoms with E-state index in [4.69, 9.17) is 0 Å². The van der Waals surface area contributed by atoms with Crippen LogP contribution >= 0.6 is 0 Å². The maximum absolute atomic E-state index is 12.7. The topological polar surface area (TPSA) is 34.9 Å². The summed E-state index contributed by atoms with van der Waals surface area (Å²) in [4.78, 5) is 17.1. The number of Topliss-reactive ketones (excluding diaryl/α,β-unsaturated/α-hetero) is 1. The fraction of sp³-hybridized carbons (Fsp3) is 0.474. The highest BCUT2D eigenvalue weighted by Gasteiger charge is 2.32. The standard InChI is InChI=1S/C19H22N2O/c1-13-6-5-9-15-16(21-12-20-11-17(21)19(13)15)10-18(22)14-7-3-2-4-8-14/h5-6,9,11-12,14,16H,2-4,7-8,10H2,1H3. The van der Waals surface area contributed by atoms with Crippen LogP contribution in [0.1, 0.15) is 55.7 Å². The van der Waals surface area contributed by atoms with E-state index in [-0.39, 0.29) is 12.0 Å². The molecule has 1 aliphatic carbocycles. The zero-order valence-electron chi connectivity index (χ0n) is 13.1. The number of hydrogen-bond acceptors (Lipinski definition) is 2. The monoisotopic (exact) mass is 294 g/mol. The largest absolute Gasteiger partial charge is 0.322 e. The molecule has 114 valence electrons. The van der Waals surface area contributed by atoms with Crippen molar-refractivity contribution >= 4 is 5.78 Å². The molecule has 3 heteroatoms. The molecule has 1 aromatic heterocycles. The lowest BCUT2D eigenvalue weighted by molar-refractivity contribution is -0.124. The second-order valence-corrected chi connectivity index (χ2v) is 6.75. The van der Waals surface area contributed by atoms with Crippen LogP contribution in [0.4, 0.5) is 0 Å². The quantitative estimate of drug-likeness (QED) is 0.846. The van der Waals surface area contributed by atoms with Crippen molar-refractivity contribution in [1.82, 2.24) is 9.55 Å². The van der Waals surface area contributed by atoms with Crippen molar-refractivity contribution < 1.29 is 4.79 Å². The fourth-order valence-corrected chi connectivity index (χ4v) is 4.20. The highest BCUT2D eigenvalue weighted by Crippen LogP contribution is 2.43. The van der Waals surface area contributed by atoms with Gasteiger partial charge in [0.25, 0.3) is 0 Å². The van der Waals surface area contributed by atoms with E-state index in [9.17, 15) is 4.79 Å². The van der Waals surface area contributed by atoms with Gasteiger partial charge in [0.05, 0.1) is 24.3 Å². The smallest absolute Gasteiger partial charge is 0.138 e. The minimum Gasteiger partial charge on any atom is -0.322 e. The summed E-state index contributed by atoms with van der Waals surface area (Å²) in [6.45, 7) is 2.14. The third kappa shape index (κ3) is 2.11. The molecule has 1 atom stereocenters. The number of carbonyl (C=O) groups is 1. The molecule has 1 saturated carbocycles. The van der Waals surface area contributed by atoms with Crippen LogP contribution < -0.4 is 0 Å². The van der Waals surface area contributed by atoms with Gasteiger partial charge < -0.3 is 4.57 Å². The number of carbonyl (C=O) groups excluding carboxylic acids is 1. The van der Waals surface area contributed by atoms with Gasteiger partial charge in [-0.3, -0.25) is 4.79 Å². The van der Waals surface area contributed by atoms with Crippen LogP contribution in [0.2, 0.25) is 0 Å². The molecule has 4 rings (SSSR count). The number of benzene rings is 1. The van der Waals surface area contributed by atoms with Crippen molar-refractivity contribution in [3.8, 4) is 11.3 Å². The Morgan fingerprint density at radius 1 is 1.27 bits per heavy atom. The molecule has 0 amide bonds. The van der Waals surface area contributed by atoms with Crippen LogP contribution in [-0.4, -0.2) is 15.3 Å². The van der Waals surface area contributed by atoms with Crippen molar-refractivity contribution in [3.05, 3.63) is 41.9 Å². The summed E-state index contributed by atoms with van der Waals surface area (Å²) in [5.74, 6) is 0.730. The van der Waals surface area contributed by atoms with Crippen LogP contribution in [0.3, 0.4) is 0 Å². The molecule has 2 aliphatic rings. The summed E-state index contributed by atoms with van der Waals surface area (Å²) < 4.78 is 2.19. The Bertz CT molecular complexity index is 710. The molecule has 1 aromatic carbocycles. The third-order valence-corrected chi connectivity index (χ3v) is 5.38. The number of imidazole rings is 1. The first-order chi connectivity index (χ1) is 10.8. The molecule has 1 aliphatic heterocycles. The minimum absolute atomic E-state index is 0.141. The summed E-state index contributed by atoms with van der Waals surface area (Å²) in [7, 11) is 0. The van der Waals surface area contributed by atoms with Gasteiger partial charge in [0.2, 0.25) is 0 Å². The first-order valence-corrected chi connectivity index (χ1v) is 8.40. The Kier molecular flexibility index (Phi) is 3.36. The van der Waals surface area contributed by atoms with Crippen molar-refractivity contribution in [3.63, 3.8) is 0 Å². The van der Waals surface area contributed by atoms with Gasteiger partial charge in [-0.15, -0.1) is 0 Å². The predicted octanol–water partition coefficient (Wildman–Crippen LogP) is 4.30. The van der Waals surface area contributed by atoms with Crippen LogP contribution in [0.5, 0.6) is 0 Å². The van der Waals surface area contributed by atoms with E-state index in [1.54, 1.807) is 0 Å². The molecule has 0 spiro atoms. The highest BCUT2D eigenvalue weighted by atomic mass is 16.1. The Labute approximate surface area is 131 Å². The summed E-state index contributed by atoms with van der Waals surface area (Å²) in [6.07, 6.45) is 10.3. The predicted molar refractivity (Wildman–Crippen MR) is 86.7 cm³/mol. The van der Waals surface area contributed by atoms with E-state index in [0.29, 0.717) is 12.2 Å². The van der Waals surface area contributed by atoms with Gasteiger partial charge in [0, 0.05) is 17.9 Å². The Hall–Kier alpha value is -1.90. The molecule has 22 heavy (non-hydrogen) atoms. The van der Waals surface area contributed by atoms with E-state index in [2.05, 4.69) is 34.7 Å². The maximum atomic E-state index is 12.7. The number of fused-ring (bicyclic) bond motifs is 3. The van der Waals surface area contributed by atoms with Gasteiger partial charge in [-0.2, -0.15) is 0 Å². The molecule has 3 nitrogen and oxygen atoms in total. The number of nitrogens with zero attached hydrogens (tertiary/aromatic N) is 2. The van der Waals surface area contributed by atoms with Crippen LogP contribution in [0.15, 0.2) is 30.7 Å². The number of aryl methyl sites for hydroxylation is 1. The molecule has 0 bridgehead atoms. The van der Waals surface area contributed by atoms with Crippen LogP contribution in [0, 0.1) is 12.8 Å². The molecule has 0 radical (unpaired) electrons. The second-order valence-electron chi connectivity index (χ2n) is 6.75. The summed E-state index contributed by atoms with van der Waals surface area (Å²) in [5, 5.41) is 0. The maximum Gasteiger partial charge on any atom is 0.138 e. The highest BCUT2D eigenvalue weighted by molar-refractivity contribution is 5.83. The van der Waals surface area contributed by atoms with Crippen molar-refractivity contribution in [2.75, 3.05) is 0 Å². The van der Waals surface area contributed by atoms with E-state index in [1.165, 1.54) is 36.0 Å². The zero-order chi connectivity index (χ0) is 15.1. The summed E-state index contributed by atoms with van der Waals surface area (Å²) in [6, 6.07) is 6.56. The normalized spacial score (nSPS) is 20.7. The van der Waals surface area contributed by atoms with E-state index in [0.717, 1.165) is 18.5 Å². The number of ketones is 1. The Balaban J connectivity index is 1.65. The second kappa shape index (κ2) is 5.38. The van der Waals surface area contributed by atoms with E-state index < -0.39 is 0 Å². The van der Waals surface area contributed by atoms with E-state index in [1.807, 2.05) is 12.5 Å². The third-order valence-electron chi connectivity index (χ3n) is 5.38. The lowest BCUT2D eigenvalue weighted by atomic mass is 9.83. The van der Waals surface area contributed by atoms with Crippen LogP contribution in [0.25, 0.3) is 11.3 Å². The molecule has 1 unspecified atom stereocenters. The van der Waals surface area contributed by atoms with Gasteiger partial charge in [-0.1, -0.05) is 37.5 Å². The molecular weight excluding hydrogens is 272 g/mol. The SMILES string of the molecule is Cc1cccc2c1-c1cncn1C2CC(=O)C1CCCCC1. The first kappa shape index (κ1) is 13.7. The van der Waals surface area contributed by atoms with Crippen molar-refractivity contribution in [1.29, 1.82) is 0 Å². The summed E-state index contributed by atoms with van der Waals surface area (Å²) >= 11 is 0. The van der Waals surface area contributed by atoms with Crippen molar-refractivity contribution in [2.45, 2.75) is 51.5 Å². The minimum atomic E-state index is 0.141. The number of rotatable bonds is 3. The van der Waals surface area contributed by atoms with Gasteiger partial charge in [0.1, 0.15) is 5.78 Å². The van der Waals surface area contributed by atoms with E-state index >= 15 is 0 Å². The van der Waals surface area contributed by atoms with Crippen molar-refractivity contribution in [2.24, 2.45) is 5.92 Å². The van der Waals surface area contributed by atoms with Gasteiger partial charge in [0.15, 0.2) is 0 Å². The molecule has 1 fully saturated rings. The molecule has 0 N–H and O–H groups in total. The number of aromatic nitrogens is 2. The zero-order valence-corrected chi connectivity index (χ0v) is 13.1. The van der Waals surface area contributed by atoms with Gasteiger partial charge in [-0.25, -0.2) is 4.98 Å². The first-order valence-electron chi connectivity index (χ1n) is 8.40. The lowest BCUT2D eigenvalue weighted by Gasteiger charge is -2.22. The number of hydrogen-bond donors (Lipinski definition) is 0. The molecule has 0 saturated heterocycles. The Morgan fingerprint density at radius 3 is 2.91 bits per heavy atom. The average molecular weight is 294 g/mol. The Morgan fingerprint density at radius 2 is 2.09 bits per heavy atom. The van der Waals surface area contributed by atoms with Gasteiger partial charge >= 0.3 is 0 Å². The summed E-state index contributed by atoms with van der Waals surface area (Å²) in [5.41, 5.74) is 5.00. The fourth-order valence-electron chi connectivity index (χ4n) is 4.20. The molecule has 2 aromatic rings. The van der Waals surface area contributed by atoms with Gasteiger partial charge in [-0.05, 0) is 30.9 Å². The molecule has 2 heterocycles.